The molecule has 0 aromatic heterocycles. The number of carboxylic acids is 1. The number of carboxylic acid groups (broad SMARTS) is 1. The predicted molar refractivity (Wildman–Crippen MR) is 75.3 cm³/mol. The van der Waals surface area contributed by atoms with Crippen molar-refractivity contribution in [2.45, 2.75) is 6.92 Å². The van der Waals surface area contributed by atoms with E-state index < -0.39 is 11.9 Å². The summed E-state index contributed by atoms with van der Waals surface area (Å²) in [5, 5.41) is 9.44. The van der Waals surface area contributed by atoms with Crippen LogP contribution in [0.1, 0.15) is 17.3 Å². The summed E-state index contributed by atoms with van der Waals surface area (Å²) in [6.45, 7) is 2.52. The Morgan fingerprint density at radius 3 is 2.68 bits per heavy atom. The van der Waals surface area contributed by atoms with Gasteiger partial charge in [0.15, 0.2) is 0 Å². The number of carbonyl (C=O) groups excluding carboxylic acids is 1. The summed E-state index contributed by atoms with van der Waals surface area (Å²) in [7, 11) is 0. The number of halogens is 2. The molecule has 19 heavy (non-hydrogen) atoms. The quantitative estimate of drug-likeness (QED) is 0.896. The lowest BCUT2D eigenvalue weighted by Crippen LogP contribution is -2.30. The monoisotopic (exact) mass is 345 g/mol. The molecule has 0 aliphatic carbocycles. The molecule has 1 aromatic carbocycles. The third-order valence-corrected chi connectivity index (χ3v) is 4.70. The molecule has 1 heterocycles. The number of benzene rings is 1. The highest BCUT2D eigenvalue weighted by Gasteiger charge is 2.37. The SMILES string of the molecule is CC1CN(C(=O)c2cccc(Br)c2Cl)CC1C(=O)O. The van der Waals surface area contributed by atoms with Crippen molar-refractivity contribution < 1.29 is 14.7 Å². The predicted octanol–water partition coefficient (Wildman–Crippen LogP) is 2.90. The second-order valence-corrected chi connectivity index (χ2v) is 5.97. The Labute approximate surface area is 124 Å². The minimum Gasteiger partial charge on any atom is -0.481 e. The number of nitrogens with zero attached hydrogens (tertiary/aromatic N) is 1. The fourth-order valence-corrected chi connectivity index (χ4v) is 2.87. The molecule has 0 spiro atoms. The van der Waals surface area contributed by atoms with Crippen LogP contribution in [-0.2, 0) is 4.79 Å². The smallest absolute Gasteiger partial charge is 0.308 e. The number of rotatable bonds is 2. The van der Waals surface area contributed by atoms with E-state index in [1.54, 1.807) is 23.1 Å². The molecule has 2 rings (SSSR count). The van der Waals surface area contributed by atoms with Gasteiger partial charge in [0.2, 0.25) is 0 Å². The molecule has 2 atom stereocenters. The molecule has 1 saturated heterocycles. The van der Waals surface area contributed by atoms with E-state index in [0.717, 1.165) is 0 Å². The fraction of sp³-hybridized carbons (Fsp3) is 0.385. The van der Waals surface area contributed by atoms with Gasteiger partial charge in [-0.1, -0.05) is 24.6 Å². The lowest BCUT2D eigenvalue weighted by molar-refractivity contribution is -0.142. The zero-order valence-corrected chi connectivity index (χ0v) is 12.6. The zero-order valence-electron chi connectivity index (χ0n) is 10.3. The van der Waals surface area contributed by atoms with Crippen LogP contribution >= 0.6 is 27.5 Å². The summed E-state index contributed by atoms with van der Waals surface area (Å²) >= 11 is 9.36. The molecule has 6 heteroatoms. The van der Waals surface area contributed by atoms with E-state index >= 15 is 0 Å². The summed E-state index contributed by atoms with van der Waals surface area (Å²) in [6.07, 6.45) is 0. The molecule has 2 unspecified atom stereocenters. The van der Waals surface area contributed by atoms with E-state index in [2.05, 4.69) is 15.9 Å². The van der Waals surface area contributed by atoms with Gasteiger partial charge in [0.05, 0.1) is 16.5 Å². The van der Waals surface area contributed by atoms with Crippen molar-refractivity contribution in [2.75, 3.05) is 13.1 Å². The van der Waals surface area contributed by atoms with Crippen LogP contribution in [0, 0.1) is 11.8 Å². The van der Waals surface area contributed by atoms with Gasteiger partial charge in [-0.05, 0) is 34.0 Å². The van der Waals surface area contributed by atoms with Gasteiger partial charge in [-0.3, -0.25) is 9.59 Å². The van der Waals surface area contributed by atoms with Crippen LogP contribution in [0.4, 0.5) is 0 Å². The molecule has 0 saturated carbocycles. The standard InChI is InChI=1S/C13H13BrClNO3/c1-7-5-16(6-9(7)13(18)19)12(17)8-3-2-4-10(14)11(8)15/h2-4,7,9H,5-6H2,1H3,(H,18,19). The molecule has 1 aliphatic rings. The average molecular weight is 347 g/mol. The fourth-order valence-electron chi connectivity index (χ4n) is 2.29. The van der Waals surface area contributed by atoms with Crippen LogP contribution in [0.3, 0.4) is 0 Å². The zero-order chi connectivity index (χ0) is 14.2. The molecule has 1 fully saturated rings. The number of hydrogen-bond donors (Lipinski definition) is 1. The summed E-state index contributed by atoms with van der Waals surface area (Å²) in [6, 6.07) is 5.14. The van der Waals surface area contributed by atoms with Crippen LogP contribution < -0.4 is 0 Å². The Balaban J connectivity index is 2.22. The summed E-state index contributed by atoms with van der Waals surface area (Å²) in [5.74, 6) is -1.63. The Kier molecular flexibility index (Phi) is 4.16. The second-order valence-electron chi connectivity index (χ2n) is 4.73. The van der Waals surface area contributed by atoms with Gasteiger partial charge in [0.1, 0.15) is 0 Å². The number of carbonyl (C=O) groups is 2. The Morgan fingerprint density at radius 1 is 1.42 bits per heavy atom. The molecule has 0 bridgehead atoms. The molecule has 1 aromatic rings. The minimum absolute atomic E-state index is 0.0487. The van der Waals surface area contributed by atoms with E-state index in [4.69, 9.17) is 16.7 Å². The molecular weight excluding hydrogens is 334 g/mol. The number of aliphatic carboxylic acids is 1. The first-order valence-electron chi connectivity index (χ1n) is 5.88. The third-order valence-electron chi connectivity index (χ3n) is 3.40. The van der Waals surface area contributed by atoms with E-state index in [-0.39, 0.29) is 18.4 Å². The molecule has 1 amide bonds. The van der Waals surface area contributed by atoms with Crippen LogP contribution in [0.2, 0.25) is 5.02 Å². The van der Waals surface area contributed by atoms with Gasteiger partial charge in [0, 0.05) is 17.6 Å². The van der Waals surface area contributed by atoms with Crippen molar-refractivity contribution in [1.82, 2.24) is 4.90 Å². The lowest BCUT2D eigenvalue weighted by Gasteiger charge is -2.17. The van der Waals surface area contributed by atoms with Crippen molar-refractivity contribution >= 4 is 39.4 Å². The van der Waals surface area contributed by atoms with Gasteiger partial charge in [-0.15, -0.1) is 0 Å². The second kappa shape index (κ2) is 5.51. The third kappa shape index (κ3) is 2.77. The maximum Gasteiger partial charge on any atom is 0.308 e. The van der Waals surface area contributed by atoms with Crippen molar-refractivity contribution in [2.24, 2.45) is 11.8 Å². The van der Waals surface area contributed by atoms with Gasteiger partial charge >= 0.3 is 5.97 Å². The largest absolute Gasteiger partial charge is 0.481 e. The van der Waals surface area contributed by atoms with Gasteiger partial charge in [0.25, 0.3) is 5.91 Å². The molecule has 1 N–H and O–H groups in total. The normalized spacial score (nSPS) is 22.6. The lowest BCUT2D eigenvalue weighted by atomic mass is 9.99. The van der Waals surface area contributed by atoms with Crippen LogP contribution in [0.5, 0.6) is 0 Å². The van der Waals surface area contributed by atoms with Crippen LogP contribution in [-0.4, -0.2) is 35.0 Å². The number of likely N-dealkylation sites (tertiary alicyclic amines) is 1. The molecule has 4 nitrogen and oxygen atoms in total. The highest BCUT2D eigenvalue weighted by molar-refractivity contribution is 9.10. The van der Waals surface area contributed by atoms with Crippen molar-refractivity contribution in [3.8, 4) is 0 Å². The molecular formula is C13H13BrClNO3. The van der Waals surface area contributed by atoms with Crippen LogP contribution in [0.15, 0.2) is 22.7 Å². The van der Waals surface area contributed by atoms with E-state index in [1.807, 2.05) is 6.92 Å². The number of amides is 1. The molecule has 102 valence electrons. The Morgan fingerprint density at radius 2 is 2.11 bits per heavy atom. The highest BCUT2D eigenvalue weighted by atomic mass is 79.9. The summed E-state index contributed by atoms with van der Waals surface area (Å²) < 4.78 is 0.655. The number of hydrogen-bond acceptors (Lipinski definition) is 2. The van der Waals surface area contributed by atoms with E-state index in [9.17, 15) is 9.59 Å². The maximum absolute atomic E-state index is 12.4. The Hall–Kier alpha value is -1.07. The van der Waals surface area contributed by atoms with E-state index in [0.29, 0.717) is 21.6 Å². The topological polar surface area (TPSA) is 57.6 Å². The molecule has 0 radical (unpaired) electrons. The van der Waals surface area contributed by atoms with Crippen molar-refractivity contribution in [3.63, 3.8) is 0 Å². The van der Waals surface area contributed by atoms with E-state index in [1.165, 1.54) is 0 Å². The van der Waals surface area contributed by atoms with Crippen molar-refractivity contribution in [3.05, 3.63) is 33.3 Å². The van der Waals surface area contributed by atoms with Crippen LogP contribution in [0.25, 0.3) is 0 Å². The Bertz CT molecular complexity index is 535. The van der Waals surface area contributed by atoms with Crippen molar-refractivity contribution in [1.29, 1.82) is 0 Å². The summed E-state index contributed by atoms with van der Waals surface area (Å²) in [4.78, 5) is 25.0. The van der Waals surface area contributed by atoms with Gasteiger partial charge in [-0.2, -0.15) is 0 Å². The minimum atomic E-state index is -0.858. The maximum atomic E-state index is 12.4. The molecule has 1 aliphatic heterocycles. The highest BCUT2D eigenvalue weighted by Crippen LogP contribution is 2.30. The summed E-state index contributed by atoms with van der Waals surface area (Å²) in [5.41, 5.74) is 0.397. The van der Waals surface area contributed by atoms with Gasteiger partial charge < -0.3 is 10.0 Å². The average Bonchev–Trinajstić information content (AvgIpc) is 2.74. The first kappa shape index (κ1) is 14.3. The van der Waals surface area contributed by atoms with Gasteiger partial charge in [-0.25, -0.2) is 0 Å². The first-order chi connectivity index (χ1) is 8.91. The first-order valence-corrected chi connectivity index (χ1v) is 7.05.